The number of aryl methyl sites for hydroxylation is 1. The van der Waals surface area contributed by atoms with Crippen molar-refractivity contribution in [1.29, 1.82) is 0 Å². The molecule has 18 heavy (non-hydrogen) atoms. The van der Waals surface area contributed by atoms with Crippen LogP contribution in [0.15, 0.2) is 22.8 Å². The second-order valence-corrected chi connectivity index (χ2v) is 4.67. The van der Waals surface area contributed by atoms with Gasteiger partial charge in [-0.25, -0.2) is 4.79 Å². The molecule has 0 fully saturated rings. The molecule has 0 bridgehead atoms. The van der Waals surface area contributed by atoms with Gasteiger partial charge in [-0.1, -0.05) is 13.8 Å². The minimum atomic E-state index is -0.991. The van der Waals surface area contributed by atoms with Crippen LogP contribution in [0, 0.1) is 5.92 Å². The normalized spacial score (nSPS) is 12.4. The van der Waals surface area contributed by atoms with Gasteiger partial charge in [-0.2, -0.15) is 0 Å². The zero-order chi connectivity index (χ0) is 13.5. The van der Waals surface area contributed by atoms with Crippen LogP contribution in [-0.2, 0) is 16.0 Å². The molecule has 0 saturated carbocycles. The van der Waals surface area contributed by atoms with Crippen LogP contribution in [0.5, 0.6) is 0 Å². The molecule has 0 aliphatic carbocycles. The molecule has 0 aromatic carbocycles. The van der Waals surface area contributed by atoms with Crippen molar-refractivity contribution < 1.29 is 19.1 Å². The SMILES string of the molecule is CC(C)C[C@H](NC(=O)CCc1ccco1)C(=O)O. The third-order valence-corrected chi connectivity index (χ3v) is 2.52. The van der Waals surface area contributed by atoms with E-state index >= 15 is 0 Å². The molecule has 5 nitrogen and oxygen atoms in total. The third kappa shape index (κ3) is 5.03. The van der Waals surface area contributed by atoms with E-state index in [1.165, 1.54) is 0 Å². The van der Waals surface area contributed by atoms with Crippen molar-refractivity contribution in [3.05, 3.63) is 24.2 Å². The summed E-state index contributed by atoms with van der Waals surface area (Å²) in [6.45, 7) is 3.84. The highest BCUT2D eigenvalue weighted by Gasteiger charge is 2.20. The lowest BCUT2D eigenvalue weighted by atomic mass is 10.0. The number of carboxylic acid groups (broad SMARTS) is 1. The third-order valence-electron chi connectivity index (χ3n) is 2.52. The largest absolute Gasteiger partial charge is 0.480 e. The zero-order valence-corrected chi connectivity index (χ0v) is 10.7. The second-order valence-electron chi connectivity index (χ2n) is 4.67. The van der Waals surface area contributed by atoms with Gasteiger partial charge in [-0.15, -0.1) is 0 Å². The van der Waals surface area contributed by atoms with E-state index in [-0.39, 0.29) is 18.2 Å². The van der Waals surface area contributed by atoms with Crippen molar-refractivity contribution in [2.75, 3.05) is 0 Å². The second kappa shape index (κ2) is 6.83. The van der Waals surface area contributed by atoms with Crippen LogP contribution in [0.2, 0.25) is 0 Å². The molecule has 0 spiro atoms. The van der Waals surface area contributed by atoms with Crippen LogP contribution in [0.3, 0.4) is 0 Å². The fourth-order valence-corrected chi connectivity index (χ4v) is 1.65. The number of amides is 1. The molecular weight excluding hydrogens is 234 g/mol. The summed E-state index contributed by atoms with van der Waals surface area (Å²) in [6, 6.07) is 2.73. The van der Waals surface area contributed by atoms with Gasteiger partial charge in [0, 0.05) is 12.8 Å². The zero-order valence-electron chi connectivity index (χ0n) is 10.7. The van der Waals surface area contributed by atoms with Gasteiger partial charge in [-0.05, 0) is 24.5 Å². The first-order chi connectivity index (χ1) is 8.49. The van der Waals surface area contributed by atoms with Crippen molar-refractivity contribution in [2.45, 2.75) is 39.2 Å². The van der Waals surface area contributed by atoms with Crippen molar-refractivity contribution >= 4 is 11.9 Å². The van der Waals surface area contributed by atoms with Crippen LogP contribution in [0.25, 0.3) is 0 Å². The Bertz CT molecular complexity index is 384. The summed E-state index contributed by atoms with van der Waals surface area (Å²) in [7, 11) is 0. The van der Waals surface area contributed by atoms with E-state index in [1.54, 1.807) is 18.4 Å². The molecule has 0 aliphatic heterocycles. The molecule has 1 aromatic heterocycles. The van der Waals surface area contributed by atoms with Crippen LogP contribution in [-0.4, -0.2) is 23.0 Å². The summed E-state index contributed by atoms with van der Waals surface area (Å²) in [5.41, 5.74) is 0. The molecule has 0 radical (unpaired) electrons. The molecule has 1 rings (SSSR count). The maximum absolute atomic E-state index is 11.6. The Morgan fingerprint density at radius 3 is 2.67 bits per heavy atom. The Balaban J connectivity index is 2.39. The maximum Gasteiger partial charge on any atom is 0.326 e. The lowest BCUT2D eigenvalue weighted by Crippen LogP contribution is -2.41. The van der Waals surface area contributed by atoms with Gasteiger partial charge >= 0.3 is 5.97 Å². The maximum atomic E-state index is 11.6. The van der Waals surface area contributed by atoms with E-state index in [9.17, 15) is 9.59 Å². The standard InChI is InChI=1S/C13H19NO4/c1-9(2)8-11(13(16)17)14-12(15)6-5-10-4-3-7-18-10/h3-4,7,9,11H,5-6,8H2,1-2H3,(H,14,15)(H,16,17)/t11-/m0/s1. The lowest BCUT2D eigenvalue weighted by Gasteiger charge is -2.16. The van der Waals surface area contributed by atoms with E-state index < -0.39 is 12.0 Å². The van der Waals surface area contributed by atoms with Crippen molar-refractivity contribution in [3.8, 4) is 0 Å². The number of carbonyl (C=O) groups is 2. The highest BCUT2D eigenvalue weighted by atomic mass is 16.4. The van der Waals surface area contributed by atoms with Gasteiger partial charge < -0.3 is 14.8 Å². The number of nitrogens with one attached hydrogen (secondary N) is 1. The fourth-order valence-electron chi connectivity index (χ4n) is 1.65. The number of furan rings is 1. The monoisotopic (exact) mass is 253 g/mol. The smallest absolute Gasteiger partial charge is 0.326 e. The van der Waals surface area contributed by atoms with Gasteiger partial charge in [0.05, 0.1) is 6.26 Å². The minimum Gasteiger partial charge on any atom is -0.480 e. The molecule has 1 aromatic rings. The van der Waals surface area contributed by atoms with Gasteiger partial charge in [0.2, 0.25) is 5.91 Å². The van der Waals surface area contributed by atoms with Crippen LogP contribution >= 0.6 is 0 Å². The molecule has 5 heteroatoms. The molecule has 1 atom stereocenters. The molecule has 100 valence electrons. The fraction of sp³-hybridized carbons (Fsp3) is 0.538. The highest BCUT2D eigenvalue weighted by molar-refractivity contribution is 5.83. The number of aliphatic carboxylic acids is 1. The lowest BCUT2D eigenvalue weighted by molar-refractivity contribution is -0.142. The Morgan fingerprint density at radius 1 is 1.44 bits per heavy atom. The first-order valence-electron chi connectivity index (χ1n) is 6.03. The number of carbonyl (C=O) groups excluding carboxylic acids is 1. The van der Waals surface area contributed by atoms with E-state index in [0.717, 1.165) is 5.76 Å². The first-order valence-corrected chi connectivity index (χ1v) is 6.03. The number of carboxylic acids is 1. The topological polar surface area (TPSA) is 79.5 Å². The molecule has 2 N–H and O–H groups in total. The molecule has 1 amide bonds. The average molecular weight is 253 g/mol. The van der Waals surface area contributed by atoms with Crippen LogP contribution in [0.1, 0.15) is 32.4 Å². The van der Waals surface area contributed by atoms with Crippen molar-refractivity contribution in [2.24, 2.45) is 5.92 Å². The van der Waals surface area contributed by atoms with Crippen LogP contribution in [0.4, 0.5) is 0 Å². The highest BCUT2D eigenvalue weighted by Crippen LogP contribution is 2.07. The summed E-state index contributed by atoms with van der Waals surface area (Å²) >= 11 is 0. The van der Waals surface area contributed by atoms with Gasteiger partial charge in [-0.3, -0.25) is 4.79 Å². The first kappa shape index (κ1) is 14.3. The van der Waals surface area contributed by atoms with Gasteiger partial charge in [0.15, 0.2) is 0 Å². The van der Waals surface area contributed by atoms with E-state index in [2.05, 4.69) is 5.32 Å². The predicted molar refractivity (Wildman–Crippen MR) is 66.1 cm³/mol. The molecule has 0 saturated heterocycles. The Kier molecular flexibility index (Phi) is 5.42. The Morgan fingerprint density at radius 2 is 2.17 bits per heavy atom. The average Bonchev–Trinajstić information content (AvgIpc) is 2.77. The Labute approximate surface area is 106 Å². The van der Waals surface area contributed by atoms with Gasteiger partial charge in [0.25, 0.3) is 0 Å². The minimum absolute atomic E-state index is 0.219. The molecule has 1 heterocycles. The van der Waals surface area contributed by atoms with E-state index in [1.807, 2.05) is 13.8 Å². The Hall–Kier alpha value is -1.78. The van der Waals surface area contributed by atoms with Crippen LogP contribution < -0.4 is 5.32 Å². The molecule has 0 unspecified atom stereocenters. The molecular formula is C13H19NO4. The summed E-state index contributed by atoms with van der Waals surface area (Å²) in [4.78, 5) is 22.6. The number of hydrogen-bond donors (Lipinski definition) is 2. The quantitative estimate of drug-likeness (QED) is 0.777. The molecule has 0 aliphatic rings. The predicted octanol–water partition coefficient (Wildman–Crippen LogP) is 1.83. The van der Waals surface area contributed by atoms with E-state index in [0.29, 0.717) is 12.8 Å². The summed E-state index contributed by atoms with van der Waals surface area (Å²) in [6.07, 6.45) is 2.69. The van der Waals surface area contributed by atoms with Crippen molar-refractivity contribution in [3.63, 3.8) is 0 Å². The number of rotatable bonds is 7. The summed E-state index contributed by atoms with van der Waals surface area (Å²) in [5, 5.41) is 11.5. The number of hydrogen-bond acceptors (Lipinski definition) is 3. The van der Waals surface area contributed by atoms with Crippen molar-refractivity contribution in [1.82, 2.24) is 5.32 Å². The summed E-state index contributed by atoms with van der Waals surface area (Å²) < 4.78 is 5.10. The van der Waals surface area contributed by atoms with E-state index in [4.69, 9.17) is 9.52 Å². The summed E-state index contributed by atoms with van der Waals surface area (Å²) in [5.74, 6) is -0.313. The van der Waals surface area contributed by atoms with Gasteiger partial charge in [0.1, 0.15) is 11.8 Å².